The van der Waals surface area contributed by atoms with Gasteiger partial charge in [0.1, 0.15) is 11.5 Å². The second-order valence-corrected chi connectivity index (χ2v) is 7.52. The maximum atomic E-state index is 14.4. The zero-order valence-electron chi connectivity index (χ0n) is 16.4. The summed E-state index contributed by atoms with van der Waals surface area (Å²) < 4.78 is 28.8. The molecule has 0 radical (unpaired) electrons. The van der Waals surface area contributed by atoms with E-state index in [-0.39, 0.29) is 5.69 Å². The van der Waals surface area contributed by atoms with E-state index in [2.05, 4.69) is 11.2 Å². The van der Waals surface area contributed by atoms with Gasteiger partial charge in [-0.2, -0.15) is 15.0 Å². The Hall–Kier alpha value is -3.85. The summed E-state index contributed by atoms with van der Waals surface area (Å²) in [5.74, 6) is -1.62. The lowest BCUT2D eigenvalue weighted by Gasteiger charge is -2.17. The summed E-state index contributed by atoms with van der Waals surface area (Å²) >= 11 is 0. The molecule has 0 aliphatic carbocycles. The number of hydrogen-bond donors (Lipinski definition) is 0. The lowest BCUT2D eigenvalue weighted by Crippen LogP contribution is -2.23. The molecule has 0 bridgehead atoms. The van der Waals surface area contributed by atoms with Crippen molar-refractivity contribution in [2.75, 3.05) is 0 Å². The van der Waals surface area contributed by atoms with Crippen LogP contribution in [0.1, 0.15) is 19.4 Å². The highest BCUT2D eigenvalue weighted by molar-refractivity contribution is 5.94. The van der Waals surface area contributed by atoms with Crippen molar-refractivity contribution in [3.05, 3.63) is 94.3 Å². The van der Waals surface area contributed by atoms with E-state index in [0.29, 0.717) is 28.1 Å². The van der Waals surface area contributed by atoms with Gasteiger partial charge in [0.05, 0.1) is 22.6 Å². The fraction of sp³-hybridized carbons (Fsp3) is 0.125. The second kappa shape index (κ2) is 7.20. The van der Waals surface area contributed by atoms with E-state index in [0.717, 1.165) is 16.3 Å². The number of aromatic nitrogens is 2. The normalized spacial score (nSPS) is 11.4. The van der Waals surface area contributed by atoms with Gasteiger partial charge in [0, 0.05) is 17.0 Å². The Bertz CT molecular complexity index is 1380. The maximum absolute atomic E-state index is 14.4. The summed E-state index contributed by atoms with van der Waals surface area (Å²) in [4.78, 5) is 13.0. The molecule has 3 aromatic carbocycles. The van der Waals surface area contributed by atoms with Gasteiger partial charge in [-0.3, -0.25) is 4.79 Å². The molecule has 4 nitrogen and oxygen atoms in total. The lowest BCUT2D eigenvalue weighted by molar-refractivity contribution is 0.571. The van der Waals surface area contributed by atoms with Crippen LogP contribution in [0.5, 0.6) is 0 Å². The quantitative estimate of drug-likeness (QED) is 0.478. The monoisotopic (exact) mass is 401 g/mol. The van der Waals surface area contributed by atoms with Crippen molar-refractivity contribution < 1.29 is 8.78 Å². The van der Waals surface area contributed by atoms with Crippen LogP contribution in [0.3, 0.4) is 0 Å². The first-order valence-electron chi connectivity index (χ1n) is 9.31. The Labute approximate surface area is 171 Å². The summed E-state index contributed by atoms with van der Waals surface area (Å²) in [6.45, 7) is 3.62. The maximum Gasteiger partial charge on any atom is 0.279 e. The Kier molecular flexibility index (Phi) is 4.67. The summed E-state index contributed by atoms with van der Waals surface area (Å²) in [6, 6.07) is 19.5. The van der Waals surface area contributed by atoms with E-state index in [4.69, 9.17) is 0 Å². The molecular formula is C24H17F2N3O. The predicted molar refractivity (Wildman–Crippen MR) is 111 cm³/mol. The average molecular weight is 401 g/mol. The minimum absolute atomic E-state index is 0.137. The van der Waals surface area contributed by atoms with Crippen molar-refractivity contribution in [2.45, 2.75) is 19.3 Å². The molecule has 0 fully saturated rings. The number of rotatable bonds is 3. The van der Waals surface area contributed by atoms with Gasteiger partial charge < -0.3 is 0 Å². The van der Waals surface area contributed by atoms with Gasteiger partial charge in [0.25, 0.3) is 5.56 Å². The zero-order chi connectivity index (χ0) is 21.5. The van der Waals surface area contributed by atoms with Crippen LogP contribution in [0.15, 0.2) is 71.5 Å². The van der Waals surface area contributed by atoms with Crippen LogP contribution in [0.4, 0.5) is 8.78 Å². The van der Waals surface area contributed by atoms with E-state index in [9.17, 15) is 18.8 Å². The minimum Gasteiger partial charge on any atom is -0.267 e. The van der Waals surface area contributed by atoms with Gasteiger partial charge in [-0.25, -0.2) is 8.78 Å². The molecule has 0 atom stereocenters. The summed E-state index contributed by atoms with van der Waals surface area (Å²) in [7, 11) is 0. The molecular weight excluding hydrogens is 384 g/mol. The standard InChI is InChI=1S/C24H17F2N3O/c1-24(2,14-27)16-7-5-6-15(12-16)22-18-8-3-4-9-19(18)23(30)29(28-22)21-11-10-17(25)13-20(21)26/h3-13H,1-2H3. The van der Waals surface area contributed by atoms with Crippen molar-refractivity contribution in [1.82, 2.24) is 9.78 Å². The smallest absolute Gasteiger partial charge is 0.267 e. The van der Waals surface area contributed by atoms with Crippen LogP contribution in [-0.4, -0.2) is 9.78 Å². The van der Waals surface area contributed by atoms with Gasteiger partial charge in [-0.15, -0.1) is 0 Å². The summed E-state index contributed by atoms with van der Waals surface area (Å²) in [5, 5.41) is 14.9. The predicted octanol–water partition coefficient (Wildman–Crippen LogP) is 5.13. The Morgan fingerprint density at radius 1 is 0.967 bits per heavy atom. The molecule has 0 N–H and O–H groups in total. The van der Waals surface area contributed by atoms with Crippen molar-refractivity contribution in [1.29, 1.82) is 5.26 Å². The second-order valence-electron chi connectivity index (χ2n) is 7.52. The van der Waals surface area contributed by atoms with Crippen LogP contribution in [0.25, 0.3) is 27.7 Å². The number of fused-ring (bicyclic) bond motifs is 1. The van der Waals surface area contributed by atoms with Crippen molar-refractivity contribution in [2.24, 2.45) is 0 Å². The first kappa shape index (κ1) is 19.5. The van der Waals surface area contributed by atoms with Crippen LogP contribution in [0.2, 0.25) is 0 Å². The Morgan fingerprint density at radius 2 is 1.70 bits per heavy atom. The third-order valence-electron chi connectivity index (χ3n) is 5.08. The van der Waals surface area contributed by atoms with Crippen LogP contribution >= 0.6 is 0 Å². The van der Waals surface area contributed by atoms with Gasteiger partial charge in [0.15, 0.2) is 5.82 Å². The number of benzene rings is 3. The SMILES string of the molecule is CC(C)(C#N)c1cccc(-c2nn(-c3ccc(F)cc3F)c(=O)c3ccccc23)c1. The van der Waals surface area contributed by atoms with E-state index in [1.165, 1.54) is 6.07 Å². The molecule has 1 aromatic heterocycles. The first-order chi connectivity index (χ1) is 14.3. The van der Waals surface area contributed by atoms with Crippen LogP contribution < -0.4 is 5.56 Å². The fourth-order valence-corrected chi connectivity index (χ4v) is 3.34. The highest BCUT2D eigenvalue weighted by Crippen LogP contribution is 2.30. The largest absolute Gasteiger partial charge is 0.279 e. The molecule has 0 spiro atoms. The van der Waals surface area contributed by atoms with Crippen molar-refractivity contribution in [3.63, 3.8) is 0 Å². The Morgan fingerprint density at radius 3 is 2.40 bits per heavy atom. The summed E-state index contributed by atoms with van der Waals surface area (Å²) in [6.07, 6.45) is 0. The van der Waals surface area contributed by atoms with Crippen molar-refractivity contribution in [3.8, 4) is 23.0 Å². The zero-order valence-corrected chi connectivity index (χ0v) is 16.4. The van der Waals surface area contributed by atoms with Crippen LogP contribution in [-0.2, 0) is 5.41 Å². The molecule has 0 aliphatic heterocycles. The van der Waals surface area contributed by atoms with E-state index >= 15 is 0 Å². The number of hydrogen-bond acceptors (Lipinski definition) is 3. The van der Waals surface area contributed by atoms with E-state index < -0.39 is 22.6 Å². The molecule has 0 aliphatic rings. The number of nitrogens with zero attached hydrogens (tertiary/aromatic N) is 3. The highest BCUT2D eigenvalue weighted by Gasteiger charge is 2.21. The van der Waals surface area contributed by atoms with E-state index in [1.54, 1.807) is 24.3 Å². The molecule has 4 rings (SSSR count). The lowest BCUT2D eigenvalue weighted by atomic mass is 9.85. The fourth-order valence-electron chi connectivity index (χ4n) is 3.34. The molecule has 0 amide bonds. The topological polar surface area (TPSA) is 58.7 Å². The average Bonchev–Trinajstić information content (AvgIpc) is 2.75. The van der Waals surface area contributed by atoms with Gasteiger partial charge in [0.2, 0.25) is 0 Å². The van der Waals surface area contributed by atoms with Gasteiger partial charge in [-0.1, -0.05) is 36.4 Å². The highest BCUT2D eigenvalue weighted by atomic mass is 19.1. The first-order valence-corrected chi connectivity index (χ1v) is 9.31. The number of nitriles is 1. The number of halogens is 2. The molecule has 0 unspecified atom stereocenters. The molecule has 0 saturated carbocycles. The molecule has 6 heteroatoms. The minimum atomic E-state index is -0.884. The third-order valence-corrected chi connectivity index (χ3v) is 5.08. The van der Waals surface area contributed by atoms with E-state index in [1.807, 2.05) is 38.1 Å². The molecule has 1 heterocycles. The summed E-state index contributed by atoms with van der Waals surface area (Å²) in [5.41, 5.74) is 0.575. The van der Waals surface area contributed by atoms with Crippen molar-refractivity contribution >= 4 is 10.8 Å². The van der Waals surface area contributed by atoms with Gasteiger partial charge >= 0.3 is 0 Å². The van der Waals surface area contributed by atoms with Crippen LogP contribution in [0, 0.1) is 23.0 Å². The van der Waals surface area contributed by atoms with Gasteiger partial charge in [-0.05, 0) is 43.7 Å². The molecule has 30 heavy (non-hydrogen) atoms. The Balaban J connectivity index is 2.05. The molecule has 148 valence electrons. The molecule has 4 aromatic rings. The molecule has 0 saturated heterocycles. The third kappa shape index (κ3) is 3.25.